The fourth-order valence-corrected chi connectivity index (χ4v) is 10.3. The molecule has 6 heteroatoms. The van der Waals surface area contributed by atoms with Crippen molar-refractivity contribution in [3.63, 3.8) is 0 Å². The highest BCUT2D eigenvalue weighted by Gasteiger charge is 2.54. The minimum absolute atomic E-state index is 0.251. The second kappa shape index (κ2) is 9.82. The van der Waals surface area contributed by atoms with Gasteiger partial charge in [-0.15, -0.1) is 0 Å². The Kier molecular flexibility index (Phi) is 7.47. The number of ether oxygens (including phenoxy) is 2. The predicted octanol–water partition coefficient (Wildman–Crippen LogP) is 5.76. The third kappa shape index (κ3) is 4.99. The van der Waals surface area contributed by atoms with E-state index in [-0.39, 0.29) is 23.8 Å². The Labute approximate surface area is 202 Å². The lowest BCUT2D eigenvalue weighted by atomic mass is 9.71. The van der Waals surface area contributed by atoms with Crippen LogP contribution < -0.4 is 0 Å². The van der Waals surface area contributed by atoms with Gasteiger partial charge in [0.2, 0.25) is 0 Å². The van der Waals surface area contributed by atoms with Gasteiger partial charge in [-0.1, -0.05) is 51.4 Å². The summed E-state index contributed by atoms with van der Waals surface area (Å²) in [6.07, 6.45) is 10.7. The molecule has 0 aromatic rings. The van der Waals surface area contributed by atoms with Gasteiger partial charge in [-0.25, -0.2) is 0 Å². The van der Waals surface area contributed by atoms with E-state index in [0.29, 0.717) is 21.0 Å². The second-order valence-corrected chi connectivity index (χ2v) is 13.7. The molecule has 4 nitrogen and oxygen atoms in total. The van der Waals surface area contributed by atoms with Gasteiger partial charge >= 0.3 is 11.9 Å². The Morgan fingerprint density at radius 3 is 1.47 bits per heavy atom. The summed E-state index contributed by atoms with van der Waals surface area (Å²) in [4.78, 5) is 24.6. The zero-order valence-electron chi connectivity index (χ0n) is 20.0. The largest absolute Gasteiger partial charge is 0.446 e. The minimum Gasteiger partial charge on any atom is -0.446 e. The van der Waals surface area contributed by atoms with Gasteiger partial charge in [0.15, 0.2) is 11.2 Å². The first-order chi connectivity index (χ1) is 15.2. The first kappa shape index (κ1) is 24.3. The van der Waals surface area contributed by atoms with Gasteiger partial charge in [0.1, 0.15) is 0 Å². The fourth-order valence-electron chi connectivity index (χ4n) is 6.73. The maximum Gasteiger partial charge on any atom is 0.304 e. The molecule has 4 rings (SSSR count). The number of thioether (sulfide) groups is 2. The Morgan fingerprint density at radius 2 is 1.09 bits per heavy atom. The van der Waals surface area contributed by atoms with Gasteiger partial charge in [-0.2, -0.15) is 23.5 Å². The predicted molar refractivity (Wildman–Crippen MR) is 132 cm³/mol. The standard InChI is InChI=1S/C26H38O4S2/c1-17-15-25(29-19(3)27,21-9-5-7-11-23(21)31-17)13-14-26(30-20(4)28)16-18(2)32-24-12-8-6-10-22(24)26/h17-18,21-24H,5-12,15-16H2,1-4H3/t17-,18-,21-,22-,23+,24+,25-,26+/m0/s1. The van der Waals surface area contributed by atoms with Crippen molar-refractivity contribution in [2.75, 3.05) is 0 Å². The van der Waals surface area contributed by atoms with Crippen LogP contribution in [-0.2, 0) is 19.1 Å². The van der Waals surface area contributed by atoms with Crippen LogP contribution in [0.5, 0.6) is 0 Å². The summed E-state index contributed by atoms with van der Waals surface area (Å²) in [6, 6.07) is 0. The van der Waals surface area contributed by atoms with Crippen molar-refractivity contribution in [1.82, 2.24) is 0 Å². The van der Waals surface area contributed by atoms with Gasteiger partial charge in [0.05, 0.1) is 0 Å². The molecule has 0 N–H and O–H groups in total. The highest BCUT2D eigenvalue weighted by molar-refractivity contribution is 8.00. The molecule has 2 saturated heterocycles. The highest BCUT2D eigenvalue weighted by atomic mass is 32.2. The average molecular weight is 479 g/mol. The van der Waals surface area contributed by atoms with E-state index in [9.17, 15) is 9.59 Å². The van der Waals surface area contributed by atoms with Crippen molar-refractivity contribution >= 4 is 35.5 Å². The summed E-state index contributed by atoms with van der Waals surface area (Å²) in [6.45, 7) is 7.47. The topological polar surface area (TPSA) is 52.6 Å². The molecule has 8 atom stereocenters. The molecule has 4 fully saturated rings. The maximum atomic E-state index is 12.3. The number of esters is 2. The number of carbonyl (C=O) groups excluding carboxylic acids is 2. The van der Waals surface area contributed by atoms with Gasteiger partial charge in [-0.3, -0.25) is 9.59 Å². The van der Waals surface area contributed by atoms with E-state index in [1.54, 1.807) is 0 Å². The third-order valence-electron chi connectivity index (χ3n) is 7.74. The van der Waals surface area contributed by atoms with Crippen LogP contribution >= 0.6 is 23.5 Å². The van der Waals surface area contributed by atoms with Crippen LogP contribution in [0.1, 0.15) is 91.9 Å². The summed E-state index contributed by atoms with van der Waals surface area (Å²) in [5.41, 5.74) is -1.54. The van der Waals surface area contributed by atoms with Crippen LogP contribution in [0.15, 0.2) is 0 Å². The summed E-state index contributed by atoms with van der Waals surface area (Å²) < 4.78 is 12.3. The van der Waals surface area contributed by atoms with Crippen molar-refractivity contribution in [3.05, 3.63) is 0 Å². The van der Waals surface area contributed by atoms with Crippen molar-refractivity contribution in [2.45, 2.75) is 124 Å². The van der Waals surface area contributed by atoms with Gasteiger partial charge < -0.3 is 9.47 Å². The first-order valence-electron chi connectivity index (χ1n) is 12.5. The van der Waals surface area contributed by atoms with Crippen LogP contribution in [0.25, 0.3) is 0 Å². The minimum atomic E-state index is -0.771. The summed E-state index contributed by atoms with van der Waals surface area (Å²) in [5, 5.41) is 1.73. The molecule has 4 aliphatic rings. The summed E-state index contributed by atoms with van der Waals surface area (Å²) in [5.74, 6) is 7.13. The molecule has 2 saturated carbocycles. The lowest BCUT2D eigenvalue weighted by Crippen LogP contribution is -2.54. The van der Waals surface area contributed by atoms with Crippen molar-refractivity contribution in [1.29, 1.82) is 0 Å². The molecule has 2 heterocycles. The van der Waals surface area contributed by atoms with Gasteiger partial charge in [0, 0.05) is 59.5 Å². The Balaban J connectivity index is 1.77. The number of carbonyl (C=O) groups is 2. The van der Waals surface area contributed by atoms with Crippen molar-refractivity contribution in [3.8, 4) is 11.8 Å². The quantitative estimate of drug-likeness (QED) is 0.371. The van der Waals surface area contributed by atoms with E-state index in [4.69, 9.17) is 9.47 Å². The molecule has 0 amide bonds. The number of hydrogen-bond donors (Lipinski definition) is 0. The molecule has 2 aliphatic carbocycles. The van der Waals surface area contributed by atoms with E-state index < -0.39 is 11.2 Å². The Morgan fingerprint density at radius 1 is 0.719 bits per heavy atom. The summed E-state index contributed by atoms with van der Waals surface area (Å²) in [7, 11) is 0. The fraction of sp³-hybridized carbons (Fsp3) is 0.846. The third-order valence-corrected chi connectivity index (χ3v) is 10.8. The zero-order chi connectivity index (χ0) is 22.9. The molecule has 0 spiro atoms. The monoisotopic (exact) mass is 478 g/mol. The molecule has 0 unspecified atom stereocenters. The maximum absolute atomic E-state index is 12.3. The summed E-state index contributed by atoms with van der Waals surface area (Å²) >= 11 is 4.08. The normalized spacial score (nSPS) is 43.6. The van der Waals surface area contributed by atoms with E-state index in [0.717, 1.165) is 51.4 Å². The smallest absolute Gasteiger partial charge is 0.304 e. The molecular weight excluding hydrogens is 440 g/mol. The molecule has 2 aliphatic heterocycles. The molecule has 178 valence electrons. The zero-order valence-corrected chi connectivity index (χ0v) is 21.6. The lowest BCUT2D eigenvalue weighted by Gasteiger charge is -2.50. The highest BCUT2D eigenvalue weighted by Crippen LogP contribution is 2.52. The van der Waals surface area contributed by atoms with Crippen molar-refractivity contribution < 1.29 is 19.1 Å². The SMILES string of the molecule is CC(=O)O[C@]1(C#C[C@]2(OC(C)=O)C[C@H](C)S[C@@H]3CCCC[C@@H]32)C[C@H](C)S[C@@H]2CCCC[C@@H]21. The number of fused-ring (bicyclic) bond motifs is 2. The number of rotatable bonds is 2. The molecule has 32 heavy (non-hydrogen) atoms. The van der Waals surface area contributed by atoms with Crippen LogP contribution in [0.4, 0.5) is 0 Å². The first-order valence-corrected chi connectivity index (χ1v) is 14.4. The second-order valence-electron chi connectivity index (χ2n) is 10.4. The van der Waals surface area contributed by atoms with Crippen LogP contribution in [0.3, 0.4) is 0 Å². The average Bonchev–Trinajstić information content (AvgIpc) is 2.71. The molecule has 0 aromatic heterocycles. The van der Waals surface area contributed by atoms with Gasteiger partial charge in [0.25, 0.3) is 0 Å². The number of hydrogen-bond acceptors (Lipinski definition) is 6. The van der Waals surface area contributed by atoms with E-state index in [2.05, 4.69) is 25.7 Å². The van der Waals surface area contributed by atoms with Crippen LogP contribution in [0.2, 0.25) is 0 Å². The molecule has 0 radical (unpaired) electrons. The molecule has 0 bridgehead atoms. The van der Waals surface area contributed by atoms with Crippen LogP contribution in [0, 0.1) is 23.7 Å². The lowest BCUT2D eigenvalue weighted by molar-refractivity contribution is -0.160. The Hall–Kier alpha value is -0.800. The van der Waals surface area contributed by atoms with E-state index in [1.807, 2.05) is 23.5 Å². The molecule has 0 aromatic carbocycles. The van der Waals surface area contributed by atoms with Gasteiger partial charge in [-0.05, 0) is 25.7 Å². The Bertz CT molecular complexity index is 726. The van der Waals surface area contributed by atoms with Crippen molar-refractivity contribution in [2.24, 2.45) is 11.8 Å². The molecular formula is C26H38O4S2. The van der Waals surface area contributed by atoms with E-state index in [1.165, 1.54) is 26.7 Å². The van der Waals surface area contributed by atoms with Crippen LogP contribution in [-0.4, -0.2) is 44.1 Å². The van der Waals surface area contributed by atoms with E-state index >= 15 is 0 Å².